The molecule has 0 bridgehead atoms. The summed E-state index contributed by atoms with van der Waals surface area (Å²) in [5.74, 6) is 0.774. The van der Waals surface area contributed by atoms with Crippen molar-refractivity contribution >= 4 is 5.82 Å². The second-order valence-electron chi connectivity index (χ2n) is 5.12. The number of rotatable bonds is 7. The van der Waals surface area contributed by atoms with Gasteiger partial charge >= 0.3 is 0 Å². The molecule has 0 aliphatic rings. The lowest BCUT2D eigenvalue weighted by molar-refractivity contribution is 0.121. The summed E-state index contributed by atoms with van der Waals surface area (Å²) in [6.45, 7) is 6.17. The fraction of sp³-hybridized carbons (Fsp3) is 0.571. The largest absolute Gasteiger partial charge is 0.364 e. The maximum Gasteiger partial charge on any atom is 0.257 e. The van der Waals surface area contributed by atoms with Crippen molar-refractivity contribution in [2.75, 3.05) is 5.32 Å². The first kappa shape index (κ1) is 15.5. The second kappa shape index (κ2) is 6.69. The van der Waals surface area contributed by atoms with Crippen LogP contribution in [0.4, 0.5) is 14.6 Å². The Balaban J connectivity index is 1.97. The summed E-state index contributed by atoms with van der Waals surface area (Å²) >= 11 is 0. The van der Waals surface area contributed by atoms with E-state index >= 15 is 0 Å². The molecule has 0 aliphatic heterocycles. The SMILES string of the molecule is CC[C@@H](C)n1ccc(NCc2cnn(CC(F)F)c2C)n1. The first-order valence-electron chi connectivity index (χ1n) is 7.09. The van der Waals surface area contributed by atoms with Gasteiger partial charge in [-0.2, -0.15) is 10.2 Å². The maximum absolute atomic E-state index is 12.4. The van der Waals surface area contributed by atoms with Gasteiger partial charge in [-0.15, -0.1) is 0 Å². The number of halogens is 2. The zero-order valence-electron chi connectivity index (χ0n) is 12.6. The Kier molecular flexibility index (Phi) is 4.93. The van der Waals surface area contributed by atoms with Crippen LogP contribution in [0.3, 0.4) is 0 Å². The van der Waals surface area contributed by atoms with Crippen LogP contribution in [0.25, 0.3) is 0 Å². The van der Waals surface area contributed by atoms with Gasteiger partial charge in [0.25, 0.3) is 6.43 Å². The zero-order valence-corrected chi connectivity index (χ0v) is 12.6. The van der Waals surface area contributed by atoms with Crippen molar-refractivity contribution < 1.29 is 8.78 Å². The first-order chi connectivity index (χ1) is 10.0. The highest BCUT2D eigenvalue weighted by Gasteiger charge is 2.11. The zero-order chi connectivity index (χ0) is 15.4. The van der Waals surface area contributed by atoms with Crippen LogP contribution in [-0.4, -0.2) is 26.0 Å². The molecule has 0 unspecified atom stereocenters. The van der Waals surface area contributed by atoms with Gasteiger partial charge in [0.1, 0.15) is 12.4 Å². The van der Waals surface area contributed by atoms with Gasteiger partial charge in [-0.1, -0.05) is 6.92 Å². The number of aromatic nitrogens is 4. The van der Waals surface area contributed by atoms with Crippen molar-refractivity contribution in [2.24, 2.45) is 0 Å². The van der Waals surface area contributed by atoms with Gasteiger partial charge in [-0.3, -0.25) is 9.36 Å². The summed E-state index contributed by atoms with van der Waals surface area (Å²) in [6, 6.07) is 2.27. The van der Waals surface area contributed by atoms with Gasteiger partial charge in [0, 0.05) is 36.1 Å². The van der Waals surface area contributed by atoms with Crippen LogP contribution >= 0.6 is 0 Å². The summed E-state index contributed by atoms with van der Waals surface area (Å²) in [7, 11) is 0. The van der Waals surface area contributed by atoms with Crippen LogP contribution < -0.4 is 5.32 Å². The van der Waals surface area contributed by atoms with Crippen LogP contribution in [0.5, 0.6) is 0 Å². The summed E-state index contributed by atoms with van der Waals surface area (Å²) in [4.78, 5) is 0. The standard InChI is InChI=1S/C14H21F2N5/c1-4-10(2)20-6-5-14(19-20)17-7-12-8-18-21(11(12)3)9-13(15)16/h5-6,8,10,13H,4,7,9H2,1-3H3,(H,17,19)/t10-/m1/s1. The molecule has 0 spiro atoms. The fourth-order valence-corrected chi connectivity index (χ4v) is 2.02. The molecule has 0 aliphatic carbocycles. The minimum Gasteiger partial charge on any atom is -0.364 e. The maximum atomic E-state index is 12.4. The third-order valence-electron chi connectivity index (χ3n) is 3.63. The molecule has 116 valence electrons. The molecule has 0 fully saturated rings. The molecule has 5 nitrogen and oxygen atoms in total. The van der Waals surface area contributed by atoms with Crippen LogP contribution in [0.1, 0.15) is 37.6 Å². The minimum atomic E-state index is -2.39. The second-order valence-corrected chi connectivity index (χ2v) is 5.12. The van der Waals surface area contributed by atoms with Crippen LogP contribution in [0.15, 0.2) is 18.5 Å². The van der Waals surface area contributed by atoms with Crippen molar-refractivity contribution in [1.82, 2.24) is 19.6 Å². The average molecular weight is 297 g/mol. The van der Waals surface area contributed by atoms with Crippen LogP contribution in [-0.2, 0) is 13.1 Å². The van der Waals surface area contributed by atoms with Gasteiger partial charge in [0.05, 0.1) is 6.20 Å². The molecule has 7 heteroatoms. The molecule has 2 heterocycles. The van der Waals surface area contributed by atoms with E-state index < -0.39 is 6.43 Å². The van der Waals surface area contributed by atoms with Gasteiger partial charge in [0.15, 0.2) is 0 Å². The number of nitrogens with zero attached hydrogens (tertiary/aromatic N) is 4. The molecule has 0 aromatic carbocycles. The van der Waals surface area contributed by atoms with Gasteiger partial charge in [-0.05, 0) is 20.3 Å². The lowest BCUT2D eigenvalue weighted by atomic mass is 10.2. The third kappa shape index (κ3) is 3.80. The third-order valence-corrected chi connectivity index (χ3v) is 3.63. The Hall–Kier alpha value is -1.92. The Morgan fingerprint density at radius 3 is 2.81 bits per heavy atom. The molecule has 2 aromatic heterocycles. The van der Waals surface area contributed by atoms with Crippen LogP contribution in [0, 0.1) is 6.92 Å². The molecule has 0 saturated heterocycles. The molecular formula is C14H21F2N5. The quantitative estimate of drug-likeness (QED) is 0.853. The summed E-state index contributed by atoms with van der Waals surface area (Å²) in [5.41, 5.74) is 1.65. The van der Waals surface area contributed by atoms with E-state index in [1.165, 1.54) is 4.68 Å². The topological polar surface area (TPSA) is 47.7 Å². The van der Waals surface area contributed by atoms with Crippen LogP contribution in [0.2, 0.25) is 0 Å². The highest BCUT2D eigenvalue weighted by Crippen LogP contribution is 2.14. The molecule has 1 atom stereocenters. The lowest BCUT2D eigenvalue weighted by Gasteiger charge is -2.08. The Morgan fingerprint density at radius 2 is 2.14 bits per heavy atom. The van der Waals surface area contributed by atoms with Crippen molar-refractivity contribution in [3.8, 4) is 0 Å². The number of hydrogen-bond acceptors (Lipinski definition) is 3. The predicted molar refractivity (Wildman–Crippen MR) is 77.5 cm³/mol. The Labute approximate surface area is 123 Å². The van der Waals surface area contributed by atoms with E-state index in [1.54, 1.807) is 13.1 Å². The number of alkyl halides is 2. The predicted octanol–water partition coefficient (Wildman–Crippen LogP) is 3.24. The van der Waals surface area contributed by atoms with Gasteiger partial charge < -0.3 is 5.32 Å². The lowest BCUT2D eigenvalue weighted by Crippen LogP contribution is -2.10. The number of hydrogen-bond donors (Lipinski definition) is 1. The molecule has 21 heavy (non-hydrogen) atoms. The minimum absolute atomic E-state index is 0.357. The molecular weight excluding hydrogens is 276 g/mol. The molecule has 1 N–H and O–H groups in total. The number of nitrogens with one attached hydrogen (secondary N) is 1. The van der Waals surface area contributed by atoms with Crippen molar-refractivity contribution in [3.63, 3.8) is 0 Å². The van der Waals surface area contributed by atoms with E-state index in [9.17, 15) is 8.78 Å². The smallest absolute Gasteiger partial charge is 0.257 e. The van der Waals surface area contributed by atoms with E-state index in [0.717, 1.165) is 23.5 Å². The van der Waals surface area contributed by atoms with E-state index in [2.05, 4.69) is 29.4 Å². The fourth-order valence-electron chi connectivity index (χ4n) is 2.02. The average Bonchev–Trinajstić information content (AvgIpc) is 3.04. The van der Waals surface area contributed by atoms with E-state index in [-0.39, 0.29) is 6.54 Å². The molecule has 0 radical (unpaired) electrons. The van der Waals surface area contributed by atoms with Crippen molar-refractivity contribution in [1.29, 1.82) is 0 Å². The van der Waals surface area contributed by atoms with Gasteiger partial charge in [0.2, 0.25) is 0 Å². The van der Waals surface area contributed by atoms with E-state index in [0.29, 0.717) is 12.6 Å². The summed E-state index contributed by atoms with van der Waals surface area (Å²) in [5, 5.41) is 11.6. The monoisotopic (exact) mass is 297 g/mol. The summed E-state index contributed by atoms with van der Waals surface area (Å²) < 4.78 is 28.0. The van der Waals surface area contributed by atoms with Crippen molar-refractivity contribution in [3.05, 3.63) is 29.7 Å². The molecule has 2 rings (SSSR count). The van der Waals surface area contributed by atoms with Crippen molar-refractivity contribution in [2.45, 2.75) is 52.7 Å². The Morgan fingerprint density at radius 1 is 1.38 bits per heavy atom. The number of anilines is 1. The molecule has 2 aromatic rings. The van der Waals surface area contributed by atoms with Gasteiger partial charge in [-0.25, -0.2) is 8.78 Å². The molecule has 0 amide bonds. The van der Waals surface area contributed by atoms with E-state index in [1.807, 2.05) is 16.9 Å². The Bertz CT molecular complexity index is 576. The first-order valence-corrected chi connectivity index (χ1v) is 7.09. The highest BCUT2D eigenvalue weighted by atomic mass is 19.3. The molecule has 0 saturated carbocycles. The normalized spacial score (nSPS) is 12.9. The highest BCUT2D eigenvalue weighted by molar-refractivity contribution is 5.34. The summed E-state index contributed by atoms with van der Waals surface area (Å²) in [6.07, 6.45) is 2.18. The van der Waals surface area contributed by atoms with E-state index in [4.69, 9.17) is 0 Å².